The van der Waals surface area contributed by atoms with Crippen molar-refractivity contribution in [3.8, 4) is 0 Å². The van der Waals surface area contributed by atoms with Crippen LogP contribution in [0.1, 0.15) is 61.0 Å². The van der Waals surface area contributed by atoms with Gasteiger partial charge in [0.25, 0.3) is 0 Å². The molecule has 0 aromatic heterocycles. The SMILES string of the molecule is CC1=[C-]C(C)C(C)=C1C.CC1=[C-]C(C)C(C)=C1C.[CH2-]c1ccccc1.[Si]=[Ti]. The van der Waals surface area contributed by atoms with Crippen molar-refractivity contribution in [2.45, 2.75) is 55.4 Å². The molecule has 1 aromatic carbocycles. The maximum absolute atomic E-state index is 3.72. The molecule has 0 saturated carbocycles. The van der Waals surface area contributed by atoms with E-state index < -0.39 is 0 Å². The molecule has 0 fully saturated rings. The average molecular weight is 409 g/mol. The predicted octanol–water partition coefficient (Wildman–Crippen LogP) is 6.93. The number of hydrogen-bond acceptors (Lipinski definition) is 0. The third-order valence-electron chi connectivity index (χ3n) is 5.32. The van der Waals surface area contributed by atoms with Crippen LogP contribution in [-0.4, -0.2) is 7.63 Å². The van der Waals surface area contributed by atoms with Gasteiger partial charge < -0.3 is 0 Å². The minimum atomic E-state index is 0.560. The monoisotopic (exact) mass is 409 g/mol. The molecule has 0 N–H and O–H groups in total. The van der Waals surface area contributed by atoms with Crippen molar-refractivity contribution < 1.29 is 19.2 Å². The molecule has 0 heterocycles. The van der Waals surface area contributed by atoms with Crippen LogP contribution in [-0.2, 0) is 19.2 Å². The third-order valence-corrected chi connectivity index (χ3v) is 5.32. The van der Waals surface area contributed by atoms with Crippen LogP contribution in [0.25, 0.3) is 0 Å². The van der Waals surface area contributed by atoms with Crippen LogP contribution >= 0.6 is 0 Å². The van der Waals surface area contributed by atoms with Gasteiger partial charge in [-0.25, -0.2) is 11.1 Å². The van der Waals surface area contributed by atoms with Crippen LogP contribution in [0.4, 0.5) is 0 Å². The maximum atomic E-state index is 3.72. The second kappa shape index (κ2) is 13.2. The standard InChI is InChI=1S/2C9H13.C7H7.Si.Ti/c2*1-6-5-7(2)9(4)8(6)3;1-7-5-3-2-4-6-7;;/h2*6H,1-4H3;2-6H,1H2;;/q3*-1;;. The van der Waals surface area contributed by atoms with Gasteiger partial charge in [-0.1, -0.05) is 59.4 Å². The average Bonchev–Trinajstić information content (AvgIpc) is 3.02. The normalized spacial score (nSPS) is 20.4. The van der Waals surface area contributed by atoms with Crippen molar-refractivity contribution >= 4 is 7.63 Å². The van der Waals surface area contributed by atoms with Gasteiger partial charge in [0.1, 0.15) is 0 Å². The van der Waals surface area contributed by atoms with E-state index in [-0.39, 0.29) is 0 Å². The van der Waals surface area contributed by atoms with E-state index in [1.54, 1.807) is 19.2 Å². The second-order valence-electron chi connectivity index (χ2n) is 7.08. The van der Waals surface area contributed by atoms with Crippen LogP contribution in [0.15, 0.2) is 63.8 Å². The van der Waals surface area contributed by atoms with E-state index in [0.717, 1.165) is 5.56 Å². The third kappa shape index (κ3) is 8.68. The molecule has 0 saturated heterocycles. The quantitative estimate of drug-likeness (QED) is 0.322. The van der Waals surface area contributed by atoms with Crippen LogP contribution in [0.3, 0.4) is 0 Å². The van der Waals surface area contributed by atoms with E-state index in [1.165, 1.54) is 33.4 Å². The molecule has 2 atom stereocenters. The number of benzene rings is 1. The topological polar surface area (TPSA) is 0 Å². The van der Waals surface area contributed by atoms with Gasteiger partial charge in [0.2, 0.25) is 0 Å². The summed E-state index contributed by atoms with van der Waals surface area (Å²) in [5.74, 6) is 1.12. The van der Waals surface area contributed by atoms with E-state index in [2.05, 4.69) is 82.1 Å². The molecular weight excluding hydrogens is 376 g/mol. The van der Waals surface area contributed by atoms with Gasteiger partial charge >= 0.3 is 26.8 Å². The fraction of sp³-hybridized carbons (Fsp3) is 0.400. The molecule has 2 aliphatic carbocycles. The summed E-state index contributed by atoms with van der Waals surface area (Å²) in [4.78, 5) is 0. The van der Waals surface area contributed by atoms with Crippen molar-refractivity contribution in [1.82, 2.24) is 0 Å². The number of rotatable bonds is 0. The molecule has 2 aliphatic rings. The molecule has 2 heteroatoms. The van der Waals surface area contributed by atoms with E-state index in [0.29, 0.717) is 11.8 Å². The molecule has 0 nitrogen and oxygen atoms in total. The molecule has 0 aliphatic heterocycles. The molecule has 2 radical (unpaired) electrons. The molecule has 2 unspecified atom stereocenters. The van der Waals surface area contributed by atoms with Crippen LogP contribution in [0.2, 0.25) is 0 Å². The zero-order chi connectivity index (χ0) is 21.1. The summed E-state index contributed by atoms with van der Waals surface area (Å²) < 4.78 is 0. The summed E-state index contributed by atoms with van der Waals surface area (Å²) in [5.41, 5.74) is 9.56. The molecule has 0 bridgehead atoms. The summed E-state index contributed by atoms with van der Waals surface area (Å²) in [5, 5.41) is 0. The summed E-state index contributed by atoms with van der Waals surface area (Å²) in [6, 6.07) is 9.87. The first kappa shape index (κ1) is 26.0. The Hall–Kier alpha value is -1.02. The molecule has 1 aromatic rings. The Bertz CT molecular complexity index is 676. The Morgan fingerprint density at radius 1 is 0.741 bits per heavy atom. The van der Waals surface area contributed by atoms with Crippen LogP contribution in [0.5, 0.6) is 0 Å². The van der Waals surface area contributed by atoms with Crippen molar-refractivity contribution in [2.24, 2.45) is 11.8 Å². The molecule has 0 spiro atoms. The Morgan fingerprint density at radius 3 is 1.19 bits per heavy atom. The van der Waals surface area contributed by atoms with Crippen molar-refractivity contribution in [3.05, 3.63) is 88.4 Å². The Morgan fingerprint density at radius 2 is 1.07 bits per heavy atom. The first-order valence-electron chi connectivity index (χ1n) is 9.32. The molecule has 27 heavy (non-hydrogen) atoms. The van der Waals surface area contributed by atoms with Gasteiger partial charge in [0.15, 0.2) is 0 Å². The first-order valence-corrected chi connectivity index (χ1v) is 12.2. The van der Waals surface area contributed by atoms with E-state index >= 15 is 0 Å². The van der Waals surface area contributed by atoms with Gasteiger partial charge in [0.05, 0.1) is 0 Å². The number of allylic oxidation sites excluding steroid dienone is 8. The molecule has 144 valence electrons. The van der Waals surface area contributed by atoms with Crippen molar-refractivity contribution in [2.75, 3.05) is 0 Å². The van der Waals surface area contributed by atoms with Gasteiger partial charge in [-0.2, -0.15) is 46.9 Å². The van der Waals surface area contributed by atoms with E-state index in [4.69, 9.17) is 0 Å². The summed E-state index contributed by atoms with van der Waals surface area (Å²) in [7, 11) is 2.97. The van der Waals surface area contributed by atoms with Gasteiger partial charge in [0, 0.05) is 0 Å². The zero-order valence-electron chi connectivity index (χ0n) is 18.2. The van der Waals surface area contributed by atoms with Crippen molar-refractivity contribution in [3.63, 3.8) is 0 Å². The Balaban J connectivity index is 0.000000361. The van der Waals surface area contributed by atoms with E-state index in [9.17, 15) is 0 Å². The summed E-state index contributed by atoms with van der Waals surface area (Å²) in [6.07, 6.45) is 6.72. The molecule has 0 amide bonds. The minimum absolute atomic E-state index is 0.560. The first-order chi connectivity index (χ1) is 12.6. The second-order valence-corrected chi connectivity index (χ2v) is 7.08. The van der Waals surface area contributed by atoms with Gasteiger partial charge in [-0.05, 0) is 0 Å². The van der Waals surface area contributed by atoms with E-state index in [1.807, 2.05) is 30.3 Å². The summed E-state index contributed by atoms with van der Waals surface area (Å²) >= 11 is 1.81. The van der Waals surface area contributed by atoms with Gasteiger partial charge in [-0.15, -0.1) is 26.0 Å². The molecular formula is C25H33SiTi-3. The van der Waals surface area contributed by atoms with Crippen LogP contribution < -0.4 is 0 Å². The van der Waals surface area contributed by atoms with Gasteiger partial charge in [-0.3, -0.25) is 12.2 Å². The Labute approximate surface area is 182 Å². The molecule has 3 rings (SSSR count). The van der Waals surface area contributed by atoms with Crippen molar-refractivity contribution in [1.29, 1.82) is 0 Å². The fourth-order valence-electron chi connectivity index (χ4n) is 2.80. The summed E-state index contributed by atoms with van der Waals surface area (Å²) in [6.45, 7) is 21.1. The fourth-order valence-corrected chi connectivity index (χ4v) is 2.80. The predicted molar refractivity (Wildman–Crippen MR) is 117 cm³/mol. The number of hydrogen-bond donors (Lipinski definition) is 0. The van der Waals surface area contributed by atoms with Crippen LogP contribution in [0, 0.1) is 30.9 Å². The Kier molecular flexibility index (Phi) is 12.7. The zero-order valence-corrected chi connectivity index (χ0v) is 20.8.